The van der Waals surface area contributed by atoms with Crippen LogP contribution in [0.2, 0.25) is 0 Å². The number of unbranched alkanes of at least 4 members (excludes halogenated alkanes) is 5. The van der Waals surface area contributed by atoms with Crippen LogP contribution < -0.4 is 0 Å². The van der Waals surface area contributed by atoms with Gasteiger partial charge < -0.3 is 63.7 Å². The summed E-state index contributed by atoms with van der Waals surface area (Å²) >= 11 is 0. The highest BCUT2D eigenvalue weighted by Gasteiger charge is 2.53. The zero-order valence-electron chi connectivity index (χ0n) is 39.3. The smallest absolute Gasteiger partial charge is 0.311 e. The van der Waals surface area contributed by atoms with Crippen LogP contribution in [0.3, 0.4) is 0 Å². The molecular weight excluding hydrogens is 776 g/mol. The molecule has 352 valence electrons. The van der Waals surface area contributed by atoms with Gasteiger partial charge in [-0.25, -0.2) is 0 Å². The van der Waals surface area contributed by atoms with Crippen LogP contribution in [0.15, 0.2) is 5.16 Å². The molecule has 0 aromatic rings. The molecule has 15 heteroatoms. The number of aliphatic hydroxyl groups is 5. The summed E-state index contributed by atoms with van der Waals surface area (Å²) in [5.41, 5.74) is -4.27. The molecule has 3 rings (SSSR count). The average Bonchev–Trinajstić information content (AvgIpc) is 3.18. The minimum absolute atomic E-state index is 0.0313. The number of ether oxygens (including phenoxy) is 6. The van der Waals surface area contributed by atoms with Gasteiger partial charge in [0, 0.05) is 37.3 Å². The zero-order valence-corrected chi connectivity index (χ0v) is 39.3. The molecule has 0 amide bonds. The Morgan fingerprint density at radius 2 is 1.48 bits per heavy atom. The van der Waals surface area contributed by atoms with Crippen LogP contribution in [0.1, 0.15) is 140 Å². The Kier molecular flexibility index (Phi) is 20.2. The molecule has 60 heavy (non-hydrogen) atoms. The van der Waals surface area contributed by atoms with Gasteiger partial charge in [-0.2, -0.15) is 0 Å². The second kappa shape index (κ2) is 22.9. The van der Waals surface area contributed by atoms with E-state index in [1.807, 2.05) is 32.8 Å². The predicted octanol–water partition coefficient (Wildman–Crippen LogP) is 4.95. The van der Waals surface area contributed by atoms with Gasteiger partial charge in [0.15, 0.2) is 12.6 Å². The van der Waals surface area contributed by atoms with Crippen LogP contribution >= 0.6 is 0 Å². The molecule has 0 aliphatic carbocycles. The van der Waals surface area contributed by atoms with Crippen LogP contribution in [-0.2, 0) is 38.1 Å². The van der Waals surface area contributed by atoms with Gasteiger partial charge in [0.25, 0.3) is 0 Å². The summed E-state index contributed by atoms with van der Waals surface area (Å²) in [4.78, 5) is 22.2. The molecule has 2 unspecified atom stereocenters. The molecule has 3 aliphatic heterocycles. The second-order valence-corrected chi connectivity index (χ2v) is 19.2. The maximum atomic E-state index is 14.4. The molecule has 3 aliphatic rings. The summed E-state index contributed by atoms with van der Waals surface area (Å²) in [5.74, 6) is -3.90. The van der Waals surface area contributed by atoms with E-state index in [4.69, 9.17) is 33.3 Å². The van der Waals surface area contributed by atoms with Crippen molar-refractivity contribution in [3.63, 3.8) is 0 Å². The Labute approximate surface area is 360 Å². The van der Waals surface area contributed by atoms with Crippen molar-refractivity contribution < 1.29 is 63.6 Å². The number of likely N-dealkylation sites (N-methyl/N-ethyl adjacent to an activating group) is 1. The first-order valence-corrected chi connectivity index (χ1v) is 22.7. The SMILES string of the molecule is CCCCCCCCO/N=C1\[C@H](C)CC(C)(O)[C@H](O[C@@H]2O[C@H](C)C[C@H](N(C)C)[C@H]2O)[C@@H](C)[C@H](OC2C[C@@](C)(OC)[C@@H](O)[C@H](C)O2)[C@@H](C)C(=O)O[C@H](CC)[C@@](C)(O)[C@H](O)[C@H]1C. The van der Waals surface area contributed by atoms with E-state index in [0.29, 0.717) is 18.7 Å². The van der Waals surface area contributed by atoms with Gasteiger partial charge in [-0.3, -0.25) is 4.79 Å². The molecule has 0 bridgehead atoms. The van der Waals surface area contributed by atoms with E-state index < -0.39 is 102 Å². The third kappa shape index (κ3) is 13.0. The van der Waals surface area contributed by atoms with Crippen molar-refractivity contribution in [1.82, 2.24) is 4.90 Å². The molecule has 3 heterocycles. The molecule has 0 spiro atoms. The fourth-order valence-corrected chi connectivity index (χ4v) is 9.66. The number of hydrogen-bond acceptors (Lipinski definition) is 15. The van der Waals surface area contributed by atoms with Crippen molar-refractivity contribution in [2.75, 3.05) is 27.8 Å². The number of nitrogens with zero attached hydrogens (tertiary/aromatic N) is 2. The molecular formula is C45H84N2O13. The van der Waals surface area contributed by atoms with E-state index in [1.54, 1.807) is 48.5 Å². The molecule has 5 N–H and O–H groups in total. The zero-order chi connectivity index (χ0) is 45.3. The average molecular weight is 861 g/mol. The fourth-order valence-electron chi connectivity index (χ4n) is 9.66. The number of oxime groups is 1. The largest absolute Gasteiger partial charge is 0.459 e. The van der Waals surface area contributed by atoms with Crippen LogP contribution in [0.4, 0.5) is 0 Å². The molecule has 3 fully saturated rings. The maximum Gasteiger partial charge on any atom is 0.311 e. The van der Waals surface area contributed by atoms with Gasteiger partial charge >= 0.3 is 5.97 Å². The molecule has 0 aromatic heterocycles. The Hall–Kier alpha value is -1.50. The molecule has 15 nitrogen and oxygen atoms in total. The lowest BCUT2D eigenvalue weighted by atomic mass is 9.73. The highest BCUT2D eigenvalue weighted by molar-refractivity contribution is 5.88. The highest BCUT2D eigenvalue weighted by atomic mass is 16.7. The van der Waals surface area contributed by atoms with Gasteiger partial charge in [0.05, 0.1) is 53.4 Å². The lowest BCUT2D eigenvalue weighted by Crippen LogP contribution is -2.61. The number of carbonyl (C=O) groups excluding carboxylic acids is 1. The molecule has 3 saturated heterocycles. The molecule has 18 atom stereocenters. The predicted molar refractivity (Wildman–Crippen MR) is 228 cm³/mol. The quantitative estimate of drug-likeness (QED) is 0.0843. The third-order valence-electron chi connectivity index (χ3n) is 13.6. The Morgan fingerprint density at radius 1 is 0.850 bits per heavy atom. The summed E-state index contributed by atoms with van der Waals surface area (Å²) < 4.78 is 37.9. The van der Waals surface area contributed by atoms with E-state index in [-0.39, 0.29) is 31.4 Å². The number of esters is 1. The maximum absolute atomic E-state index is 14.4. The normalized spacial score (nSPS) is 44.7. The van der Waals surface area contributed by atoms with E-state index in [9.17, 15) is 30.3 Å². The summed E-state index contributed by atoms with van der Waals surface area (Å²) in [7, 11) is 5.26. The second-order valence-electron chi connectivity index (χ2n) is 19.2. The first-order valence-electron chi connectivity index (χ1n) is 22.7. The van der Waals surface area contributed by atoms with E-state index in [2.05, 4.69) is 12.1 Å². The summed E-state index contributed by atoms with van der Waals surface area (Å²) in [5, 5.41) is 64.1. The Bertz CT molecular complexity index is 1330. The van der Waals surface area contributed by atoms with Crippen LogP contribution in [0.25, 0.3) is 0 Å². The van der Waals surface area contributed by atoms with Crippen molar-refractivity contribution in [2.24, 2.45) is 28.8 Å². The van der Waals surface area contributed by atoms with E-state index in [0.717, 1.165) is 32.1 Å². The fraction of sp³-hybridized carbons (Fsp3) is 0.956. The van der Waals surface area contributed by atoms with Crippen LogP contribution in [-0.4, -0.2) is 154 Å². The number of rotatable bonds is 15. The van der Waals surface area contributed by atoms with Gasteiger partial charge in [0.2, 0.25) is 0 Å². The first-order chi connectivity index (χ1) is 28.0. The van der Waals surface area contributed by atoms with Crippen molar-refractivity contribution in [1.29, 1.82) is 0 Å². The topological polar surface area (TPSA) is 198 Å². The minimum Gasteiger partial charge on any atom is -0.459 e. The Morgan fingerprint density at radius 3 is 2.08 bits per heavy atom. The lowest BCUT2D eigenvalue weighted by Gasteiger charge is -2.49. The van der Waals surface area contributed by atoms with Crippen LogP contribution in [0, 0.1) is 23.7 Å². The number of hydrogen-bond donors (Lipinski definition) is 5. The van der Waals surface area contributed by atoms with Gasteiger partial charge in [0.1, 0.15) is 30.5 Å². The molecule has 0 radical (unpaired) electrons. The number of carbonyl (C=O) groups is 1. The van der Waals surface area contributed by atoms with Gasteiger partial charge in [-0.15, -0.1) is 0 Å². The number of aliphatic hydroxyl groups excluding tert-OH is 3. The lowest BCUT2D eigenvalue weighted by molar-refractivity contribution is -0.317. The minimum atomic E-state index is -1.92. The standard InChI is InChI=1S/C45H84N2O13/c1-15-17-18-19-20-21-22-55-46-35-26(3)24-43(9,52)40(60-42-36(48)32(47(12)13)23-27(4)56-42)29(6)37(59-34-25-44(10,54-14)39(50)31(8)57-34)30(7)41(51)58-33(16-2)45(11,53)38(49)28(35)5/h26-34,36-40,42,48-50,52-53H,15-25H2,1-14H3/b46-35+/t26-,27-,28+,29+,30-,31+,32+,33-,34?,36-,37+,38-,39+,40-,42+,43?,44-,45-/m1/s1. The Balaban J connectivity index is 2.18. The molecule has 0 saturated carbocycles. The van der Waals surface area contributed by atoms with Gasteiger partial charge in [-0.1, -0.05) is 65.5 Å². The number of methoxy groups -OCH3 is 1. The van der Waals surface area contributed by atoms with Crippen LogP contribution in [0.5, 0.6) is 0 Å². The summed E-state index contributed by atoms with van der Waals surface area (Å²) in [6.07, 6.45) is -2.71. The van der Waals surface area contributed by atoms with Crippen molar-refractivity contribution in [2.45, 2.75) is 225 Å². The van der Waals surface area contributed by atoms with Crippen molar-refractivity contribution in [3.8, 4) is 0 Å². The van der Waals surface area contributed by atoms with E-state index >= 15 is 0 Å². The van der Waals surface area contributed by atoms with Crippen molar-refractivity contribution in [3.05, 3.63) is 0 Å². The first kappa shape index (κ1) is 52.8. The van der Waals surface area contributed by atoms with Gasteiger partial charge in [-0.05, 0) is 87.7 Å². The van der Waals surface area contributed by atoms with Crippen molar-refractivity contribution >= 4 is 11.7 Å². The highest BCUT2D eigenvalue weighted by Crippen LogP contribution is 2.41. The monoisotopic (exact) mass is 861 g/mol. The summed E-state index contributed by atoms with van der Waals surface area (Å²) in [6.45, 7) is 19.8. The van der Waals surface area contributed by atoms with E-state index in [1.165, 1.54) is 20.5 Å². The molecule has 0 aromatic carbocycles. The summed E-state index contributed by atoms with van der Waals surface area (Å²) in [6, 6.07) is -0.309. The number of cyclic esters (lactones) is 1. The third-order valence-corrected chi connectivity index (χ3v) is 13.6.